The molecule has 1 aromatic rings. The van der Waals surface area contributed by atoms with E-state index in [9.17, 15) is 9.59 Å². The summed E-state index contributed by atoms with van der Waals surface area (Å²) in [6.07, 6.45) is 0.444. The molecule has 1 fully saturated rings. The van der Waals surface area contributed by atoms with Gasteiger partial charge < -0.3 is 19.7 Å². The van der Waals surface area contributed by atoms with Crippen molar-refractivity contribution in [2.75, 3.05) is 43.1 Å². The molecule has 132 valence electrons. The second-order valence-electron chi connectivity index (χ2n) is 6.20. The second kappa shape index (κ2) is 8.68. The third kappa shape index (κ3) is 4.96. The number of nitrogens with zero attached hydrogens (tertiary/aromatic N) is 1. The zero-order valence-electron chi connectivity index (χ0n) is 14.6. The van der Waals surface area contributed by atoms with E-state index in [1.807, 2.05) is 26.0 Å². The van der Waals surface area contributed by atoms with Gasteiger partial charge in [-0.05, 0) is 31.0 Å². The molecule has 1 amide bonds. The van der Waals surface area contributed by atoms with E-state index in [0.29, 0.717) is 37.5 Å². The first-order valence-electron chi connectivity index (χ1n) is 8.45. The molecule has 0 aromatic heterocycles. The van der Waals surface area contributed by atoms with Crippen molar-refractivity contribution in [3.63, 3.8) is 0 Å². The number of rotatable bonds is 6. The first kappa shape index (κ1) is 18.3. The maximum Gasteiger partial charge on any atom is 0.340 e. The largest absolute Gasteiger partial charge is 0.462 e. The molecule has 1 N–H and O–H groups in total. The highest BCUT2D eigenvalue weighted by molar-refractivity contribution is 5.99. The van der Waals surface area contributed by atoms with Crippen LogP contribution in [-0.2, 0) is 14.3 Å². The molecule has 0 radical (unpaired) electrons. The van der Waals surface area contributed by atoms with Gasteiger partial charge >= 0.3 is 5.97 Å². The zero-order valence-corrected chi connectivity index (χ0v) is 14.6. The third-order valence-corrected chi connectivity index (χ3v) is 3.72. The Morgan fingerprint density at radius 3 is 2.62 bits per heavy atom. The molecule has 0 bridgehead atoms. The SMILES string of the molecule is CCOC(=O)c1cc(NC(=O)CC(C)C)ccc1N1CCOCC1. The minimum absolute atomic E-state index is 0.0565. The van der Waals surface area contributed by atoms with Crippen molar-refractivity contribution < 1.29 is 19.1 Å². The fraction of sp³-hybridized carbons (Fsp3) is 0.556. The van der Waals surface area contributed by atoms with Crippen molar-refractivity contribution in [2.24, 2.45) is 5.92 Å². The number of amides is 1. The van der Waals surface area contributed by atoms with E-state index in [-0.39, 0.29) is 17.8 Å². The third-order valence-electron chi connectivity index (χ3n) is 3.72. The van der Waals surface area contributed by atoms with Gasteiger partial charge in [-0.15, -0.1) is 0 Å². The van der Waals surface area contributed by atoms with Crippen LogP contribution in [0.5, 0.6) is 0 Å². The molecule has 24 heavy (non-hydrogen) atoms. The van der Waals surface area contributed by atoms with Crippen LogP contribution in [0.4, 0.5) is 11.4 Å². The monoisotopic (exact) mass is 334 g/mol. The van der Waals surface area contributed by atoms with E-state index in [1.165, 1.54) is 0 Å². The maximum absolute atomic E-state index is 12.3. The van der Waals surface area contributed by atoms with Gasteiger partial charge in [-0.2, -0.15) is 0 Å². The Morgan fingerprint density at radius 2 is 2.00 bits per heavy atom. The highest BCUT2D eigenvalue weighted by Gasteiger charge is 2.20. The number of carbonyl (C=O) groups is 2. The van der Waals surface area contributed by atoms with Crippen LogP contribution in [0, 0.1) is 5.92 Å². The number of esters is 1. The van der Waals surface area contributed by atoms with Crippen molar-refractivity contribution in [3.8, 4) is 0 Å². The highest BCUT2D eigenvalue weighted by Crippen LogP contribution is 2.26. The normalized spacial score (nSPS) is 14.6. The van der Waals surface area contributed by atoms with Crippen molar-refractivity contribution >= 4 is 23.3 Å². The first-order chi connectivity index (χ1) is 11.5. The van der Waals surface area contributed by atoms with Crippen LogP contribution >= 0.6 is 0 Å². The van der Waals surface area contributed by atoms with Crippen LogP contribution in [0.25, 0.3) is 0 Å². The summed E-state index contributed by atoms with van der Waals surface area (Å²) < 4.78 is 10.5. The van der Waals surface area contributed by atoms with Gasteiger partial charge in [0, 0.05) is 25.2 Å². The molecule has 1 aliphatic heterocycles. The molecule has 6 nitrogen and oxygen atoms in total. The van der Waals surface area contributed by atoms with Gasteiger partial charge in [0.15, 0.2) is 0 Å². The van der Waals surface area contributed by atoms with Crippen molar-refractivity contribution in [1.82, 2.24) is 0 Å². The van der Waals surface area contributed by atoms with Crippen LogP contribution in [0.1, 0.15) is 37.6 Å². The van der Waals surface area contributed by atoms with Crippen LogP contribution in [-0.4, -0.2) is 44.8 Å². The molecular weight excluding hydrogens is 308 g/mol. The van der Waals surface area contributed by atoms with Gasteiger partial charge in [-0.1, -0.05) is 13.8 Å². The second-order valence-corrected chi connectivity index (χ2v) is 6.20. The lowest BCUT2D eigenvalue weighted by Gasteiger charge is -2.30. The Morgan fingerprint density at radius 1 is 1.29 bits per heavy atom. The van der Waals surface area contributed by atoms with Gasteiger partial charge in [0.05, 0.1) is 31.1 Å². The van der Waals surface area contributed by atoms with E-state index in [0.717, 1.165) is 18.8 Å². The molecule has 0 spiro atoms. The molecule has 1 aromatic carbocycles. The number of hydrogen-bond donors (Lipinski definition) is 1. The van der Waals surface area contributed by atoms with E-state index in [4.69, 9.17) is 9.47 Å². The summed E-state index contributed by atoms with van der Waals surface area (Å²) in [5.41, 5.74) is 1.90. The van der Waals surface area contributed by atoms with Gasteiger partial charge in [-0.25, -0.2) is 4.79 Å². The standard InChI is InChI=1S/C18H26N2O4/c1-4-24-18(22)15-12-14(19-17(21)11-13(2)3)5-6-16(15)20-7-9-23-10-8-20/h5-6,12-13H,4,7-11H2,1-3H3,(H,19,21). The Kier molecular flexibility index (Phi) is 6.61. The molecule has 1 heterocycles. The molecule has 0 aliphatic carbocycles. The van der Waals surface area contributed by atoms with Gasteiger partial charge in [0.25, 0.3) is 0 Å². The van der Waals surface area contributed by atoms with Crippen LogP contribution < -0.4 is 10.2 Å². The molecular formula is C18H26N2O4. The molecule has 0 saturated carbocycles. The van der Waals surface area contributed by atoms with Gasteiger partial charge in [-0.3, -0.25) is 4.79 Å². The predicted molar refractivity (Wildman–Crippen MR) is 93.5 cm³/mol. The van der Waals surface area contributed by atoms with E-state index in [2.05, 4.69) is 10.2 Å². The Bertz CT molecular complexity index is 580. The summed E-state index contributed by atoms with van der Waals surface area (Å²) in [4.78, 5) is 26.4. The first-order valence-corrected chi connectivity index (χ1v) is 8.45. The average Bonchev–Trinajstić information content (AvgIpc) is 2.55. The van der Waals surface area contributed by atoms with Crippen LogP contribution in [0.3, 0.4) is 0 Å². The zero-order chi connectivity index (χ0) is 17.5. The quantitative estimate of drug-likeness (QED) is 0.810. The van der Waals surface area contributed by atoms with Crippen LogP contribution in [0.2, 0.25) is 0 Å². The smallest absolute Gasteiger partial charge is 0.340 e. The highest BCUT2D eigenvalue weighted by atomic mass is 16.5. The number of morpholine rings is 1. The van der Waals surface area contributed by atoms with Crippen molar-refractivity contribution in [2.45, 2.75) is 27.2 Å². The number of anilines is 2. The lowest BCUT2D eigenvalue weighted by molar-refractivity contribution is -0.116. The van der Waals surface area contributed by atoms with Crippen LogP contribution in [0.15, 0.2) is 18.2 Å². The fourth-order valence-electron chi connectivity index (χ4n) is 2.65. The summed E-state index contributed by atoms with van der Waals surface area (Å²) in [6.45, 7) is 8.80. The Hall–Kier alpha value is -2.08. The molecule has 6 heteroatoms. The lowest BCUT2D eigenvalue weighted by atomic mass is 10.1. The topological polar surface area (TPSA) is 67.9 Å². The summed E-state index contributed by atoms with van der Waals surface area (Å²) in [5.74, 6) is -0.153. The summed E-state index contributed by atoms with van der Waals surface area (Å²) in [7, 11) is 0. The van der Waals surface area contributed by atoms with Gasteiger partial charge in [0.2, 0.25) is 5.91 Å². The summed E-state index contributed by atoms with van der Waals surface area (Å²) >= 11 is 0. The molecule has 0 unspecified atom stereocenters. The molecule has 0 atom stereocenters. The summed E-state index contributed by atoms with van der Waals surface area (Å²) in [5, 5.41) is 2.85. The Labute approximate surface area is 143 Å². The minimum Gasteiger partial charge on any atom is -0.462 e. The fourth-order valence-corrected chi connectivity index (χ4v) is 2.65. The number of carbonyl (C=O) groups excluding carboxylic acids is 2. The molecule has 2 rings (SSSR count). The van der Waals surface area contributed by atoms with E-state index >= 15 is 0 Å². The average molecular weight is 334 g/mol. The molecule has 1 saturated heterocycles. The number of ether oxygens (including phenoxy) is 2. The van der Waals surface area contributed by atoms with Gasteiger partial charge in [0.1, 0.15) is 0 Å². The van der Waals surface area contributed by atoms with E-state index < -0.39 is 0 Å². The Balaban J connectivity index is 2.24. The number of nitrogens with one attached hydrogen (secondary N) is 1. The van der Waals surface area contributed by atoms with Crippen molar-refractivity contribution in [1.29, 1.82) is 0 Å². The predicted octanol–water partition coefficient (Wildman–Crippen LogP) is 2.68. The van der Waals surface area contributed by atoms with Crippen molar-refractivity contribution in [3.05, 3.63) is 23.8 Å². The number of hydrogen-bond acceptors (Lipinski definition) is 5. The van der Waals surface area contributed by atoms with E-state index in [1.54, 1.807) is 13.0 Å². The summed E-state index contributed by atoms with van der Waals surface area (Å²) in [6, 6.07) is 5.38. The lowest BCUT2D eigenvalue weighted by Crippen LogP contribution is -2.37. The minimum atomic E-state index is -0.376. The molecule has 1 aliphatic rings. The number of benzene rings is 1. The maximum atomic E-state index is 12.3.